The second kappa shape index (κ2) is 10.6. The predicted octanol–water partition coefficient (Wildman–Crippen LogP) is 3.99. The molecule has 160 valence electrons. The van der Waals surface area contributed by atoms with Gasteiger partial charge in [-0.05, 0) is 50.1 Å². The van der Waals surface area contributed by atoms with Gasteiger partial charge in [-0.15, -0.1) is 11.3 Å². The van der Waals surface area contributed by atoms with Gasteiger partial charge in [0.1, 0.15) is 10.8 Å². The van der Waals surface area contributed by atoms with E-state index in [0.717, 1.165) is 22.6 Å². The Balaban J connectivity index is 2.24. The van der Waals surface area contributed by atoms with Gasteiger partial charge in [0, 0.05) is 20.2 Å². The number of carbonyl (C=O) groups is 3. The summed E-state index contributed by atoms with van der Waals surface area (Å²) in [7, 11) is 3.26. The van der Waals surface area contributed by atoms with E-state index in [4.69, 9.17) is 9.47 Å². The minimum absolute atomic E-state index is 0.191. The molecule has 0 bridgehead atoms. The number of anilines is 1. The number of benzene rings is 1. The molecule has 2 rings (SSSR count). The highest BCUT2D eigenvalue weighted by Gasteiger charge is 2.27. The fraction of sp³-hybridized carbons (Fsp3) is 0.318. The third kappa shape index (κ3) is 5.70. The van der Waals surface area contributed by atoms with Crippen LogP contribution in [0.15, 0.2) is 30.3 Å². The molecule has 0 aliphatic rings. The molecule has 0 spiro atoms. The van der Waals surface area contributed by atoms with Crippen LogP contribution in [-0.2, 0) is 9.53 Å². The lowest BCUT2D eigenvalue weighted by molar-refractivity contribution is -0.111. The summed E-state index contributed by atoms with van der Waals surface area (Å²) in [6, 6.07) is 7.31. The molecule has 0 saturated heterocycles. The lowest BCUT2D eigenvalue weighted by Gasteiger charge is -2.09. The summed E-state index contributed by atoms with van der Waals surface area (Å²) in [5.74, 6) is -0.479. The summed E-state index contributed by atoms with van der Waals surface area (Å²) in [6.07, 6.45) is 3.02. The summed E-state index contributed by atoms with van der Waals surface area (Å²) in [5, 5.41) is 2.99. The Morgan fingerprint density at radius 1 is 1.10 bits per heavy atom. The maximum atomic E-state index is 12.4. The monoisotopic (exact) mass is 430 g/mol. The summed E-state index contributed by atoms with van der Waals surface area (Å²) < 4.78 is 10.5. The zero-order valence-corrected chi connectivity index (χ0v) is 18.6. The van der Waals surface area contributed by atoms with Crippen molar-refractivity contribution in [2.45, 2.75) is 20.8 Å². The average Bonchev–Trinajstić information content (AvgIpc) is 3.02. The number of hydrogen-bond acceptors (Lipinski definition) is 6. The maximum Gasteiger partial charge on any atom is 0.341 e. The molecule has 0 aliphatic heterocycles. The molecule has 0 saturated carbocycles. The maximum absolute atomic E-state index is 12.4. The molecule has 0 atom stereocenters. The molecular formula is C22H26N2O5S. The highest BCUT2D eigenvalue weighted by atomic mass is 32.1. The van der Waals surface area contributed by atoms with E-state index < -0.39 is 11.9 Å². The van der Waals surface area contributed by atoms with Crippen LogP contribution < -0.4 is 10.1 Å². The normalized spacial score (nSPS) is 10.7. The van der Waals surface area contributed by atoms with Gasteiger partial charge in [-0.1, -0.05) is 12.1 Å². The number of nitrogens with zero attached hydrogens (tertiary/aromatic N) is 1. The molecule has 0 unspecified atom stereocenters. The molecule has 1 aromatic heterocycles. The molecule has 1 N–H and O–H groups in total. The Morgan fingerprint density at radius 3 is 2.33 bits per heavy atom. The van der Waals surface area contributed by atoms with Crippen LogP contribution in [0.5, 0.6) is 5.75 Å². The van der Waals surface area contributed by atoms with Crippen LogP contribution in [0.3, 0.4) is 0 Å². The molecule has 30 heavy (non-hydrogen) atoms. The molecule has 7 nitrogen and oxygen atoms in total. The summed E-state index contributed by atoms with van der Waals surface area (Å²) in [4.78, 5) is 39.1. The molecule has 2 aromatic rings. The fourth-order valence-electron chi connectivity index (χ4n) is 2.62. The predicted molar refractivity (Wildman–Crippen MR) is 118 cm³/mol. The van der Waals surface area contributed by atoms with E-state index in [1.165, 1.54) is 11.0 Å². The van der Waals surface area contributed by atoms with Gasteiger partial charge in [0.15, 0.2) is 0 Å². The van der Waals surface area contributed by atoms with Crippen LogP contribution in [0.2, 0.25) is 0 Å². The second-order valence-electron chi connectivity index (χ2n) is 6.50. The van der Waals surface area contributed by atoms with Crippen molar-refractivity contribution in [2.75, 3.05) is 32.6 Å². The second-order valence-corrected chi connectivity index (χ2v) is 7.53. The quantitative estimate of drug-likeness (QED) is 0.506. The number of rotatable bonds is 8. The Labute approximate surface area is 180 Å². The first-order valence-corrected chi connectivity index (χ1v) is 10.3. The average molecular weight is 431 g/mol. The van der Waals surface area contributed by atoms with Gasteiger partial charge in [0.2, 0.25) is 5.91 Å². The van der Waals surface area contributed by atoms with E-state index in [0.29, 0.717) is 17.0 Å². The number of ether oxygens (including phenoxy) is 2. The first-order valence-electron chi connectivity index (χ1n) is 9.52. The van der Waals surface area contributed by atoms with Crippen LogP contribution in [0.4, 0.5) is 5.00 Å². The van der Waals surface area contributed by atoms with Crippen molar-refractivity contribution < 1.29 is 23.9 Å². The van der Waals surface area contributed by atoms with E-state index in [2.05, 4.69) is 5.32 Å². The van der Waals surface area contributed by atoms with Gasteiger partial charge in [0.25, 0.3) is 5.91 Å². The first kappa shape index (κ1) is 23.2. The summed E-state index contributed by atoms with van der Waals surface area (Å²) in [6.45, 7) is 6.05. The number of hydrogen-bond donors (Lipinski definition) is 1. The van der Waals surface area contributed by atoms with Crippen LogP contribution in [0.25, 0.3) is 6.08 Å². The third-order valence-corrected chi connectivity index (χ3v) is 5.28. The van der Waals surface area contributed by atoms with Crippen LogP contribution in [0.1, 0.15) is 45.0 Å². The molecule has 1 heterocycles. The van der Waals surface area contributed by atoms with Crippen LogP contribution in [0, 0.1) is 6.92 Å². The number of carbonyl (C=O) groups excluding carboxylic acids is 3. The third-order valence-electron chi connectivity index (χ3n) is 4.08. The highest BCUT2D eigenvalue weighted by molar-refractivity contribution is 7.18. The smallest absolute Gasteiger partial charge is 0.341 e. The van der Waals surface area contributed by atoms with Crippen molar-refractivity contribution in [2.24, 2.45) is 0 Å². The van der Waals surface area contributed by atoms with E-state index in [-0.39, 0.29) is 23.1 Å². The molecule has 2 amide bonds. The Morgan fingerprint density at radius 2 is 1.77 bits per heavy atom. The molecular weight excluding hydrogens is 404 g/mol. The highest BCUT2D eigenvalue weighted by Crippen LogP contribution is 2.34. The van der Waals surface area contributed by atoms with Crippen molar-refractivity contribution in [3.05, 3.63) is 51.9 Å². The molecule has 0 radical (unpaired) electrons. The van der Waals surface area contributed by atoms with Gasteiger partial charge < -0.3 is 19.7 Å². The fourth-order valence-corrected chi connectivity index (χ4v) is 3.84. The van der Waals surface area contributed by atoms with Crippen molar-refractivity contribution in [3.8, 4) is 5.75 Å². The minimum Gasteiger partial charge on any atom is -0.494 e. The van der Waals surface area contributed by atoms with Crippen molar-refractivity contribution in [3.63, 3.8) is 0 Å². The summed E-state index contributed by atoms with van der Waals surface area (Å²) >= 11 is 1.06. The van der Waals surface area contributed by atoms with E-state index >= 15 is 0 Å². The summed E-state index contributed by atoms with van der Waals surface area (Å²) in [5.41, 5.74) is 1.52. The van der Waals surface area contributed by atoms with Crippen molar-refractivity contribution in [1.82, 2.24) is 4.90 Å². The Kier molecular flexibility index (Phi) is 8.17. The topological polar surface area (TPSA) is 84.9 Å². The van der Waals surface area contributed by atoms with Crippen molar-refractivity contribution in [1.29, 1.82) is 0 Å². The van der Waals surface area contributed by atoms with Crippen molar-refractivity contribution >= 4 is 40.2 Å². The van der Waals surface area contributed by atoms with Gasteiger partial charge >= 0.3 is 5.97 Å². The lowest BCUT2D eigenvalue weighted by Crippen LogP contribution is -2.21. The lowest BCUT2D eigenvalue weighted by atomic mass is 10.1. The zero-order chi connectivity index (χ0) is 22.3. The van der Waals surface area contributed by atoms with Gasteiger partial charge in [-0.25, -0.2) is 4.79 Å². The number of nitrogens with one attached hydrogen (secondary N) is 1. The van der Waals surface area contributed by atoms with E-state index in [1.807, 2.05) is 31.2 Å². The number of amides is 2. The standard InChI is InChI=1S/C22H26N2O5S/c1-6-28-16-11-8-15(9-12-16)10-13-17(25)23-20-18(22(27)29-7-2)14(3)19(30-20)21(26)24(4)5/h8-13H,6-7H2,1-5H3,(H,23,25)/b13-10+. The Hall–Kier alpha value is -3.13. The number of thiophene rings is 1. The largest absolute Gasteiger partial charge is 0.494 e. The van der Waals surface area contributed by atoms with Gasteiger partial charge in [-0.2, -0.15) is 0 Å². The molecule has 8 heteroatoms. The zero-order valence-electron chi connectivity index (χ0n) is 17.8. The van der Waals surface area contributed by atoms with Gasteiger partial charge in [-0.3, -0.25) is 9.59 Å². The van der Waals surface area contributed by atoms with E-state index in [1.54, 1.807) is 34.0 Å². The minimum atomic E-state index is -0.574. The van der Waals surface area contributed by atoms with Crippen LogP contribution >= 0.6 is 11.3 Å². The first-order chi connectivity index (χ1) is 14.3. The van der Waals surface area contributed by atoms with Gasteiger partial charge in [0.05, 0.1) is 23.7 Å². The Bertz CT molecular complexity index is 945. The van der Waals surface area contributed by atoms with E-state index in [9.17, 15) is 14.4 Å². The molecule has 0 aliphatic carbocycles. The van der Waals surface area contributed by atoms with Crippen LogP contribution in [-0.4, -0.2) is 50.0 Å². The molecule has 0 fully saturated rings. The molecule has 1 aromatic carbocycles. The SMILES string of the molecule is CCOC(=O)c1c(NC(=O)/C=C/c2ccc(OCC)cc2)sc(C(=O)N(C)C)c1C. The number of esters is 1.